The van der Waals surface area contributed by atoms with Gasteiger partial charge in [0, 0.05) is 6.42 Å². The van der Waals surface area contributed by atoms with Crippen LogP contribution in [0.4, 0.5) is 0 Å². The molecule has 0 aliphatic carbocycles. The van der Waals surface area contributed by atoms with E-state index in [9.17, 15) is 0 Å². The summed E-state index contributed by atoms with van der Waals surface area (Å²) in [5.74, 6) is 0. The second-order valence-corrected chi connectivity index (χ2v) is 2.61. The Balaban J connectivity index is 2.78. The number of benzene rings is 1. The van der Waals surface area contributed by atoms with E-state index in [4.69, 9.17) is 10.2 Å². The molecule has 60 valence electrons. The average molecular weight is 152 g/mol. The standard InChI is InChI=1S/C9H12O2/c1-7-4-2-3-5-8(7)6-9(10)11/h2-5,9-11H,6H2,1H3. The van der Waals surface area contributed by atoms with Crippen LogP contribution in [0.2, 0.25) is 0 Å². The van der Waals surface area contributed by atoms with Gasteiger partial charge in [-0.1, -0.05) is 24.3 Å². The van der Waals surface area contributed by atoms with Crippen molar-refractivity contribution in [2.45, 2.75) is 19.6 Å². The Morgan fingerprint density at radius 2 is 1.91 bits per heavy atom. The number of aliphatic hydroxyl groups excluding tert-OH is 1. The van der Waals surface area contributed by atoms with Crippen molar-refractivity contribution in [3.8, 4) is 0 Å². The van der Waals surface area contributed by atoms with Crippen LogP contribution in [0.5, 0.6) is 0 Å². The number of aliphatic hydroxyl groups is 2. The molecule has 0 saturated carbocycles. The van der Waals surface area contributed by atoms with Gasteiger partial charge in [0.05, 0.1) is 0 Å². The van der Waals surface area contributed by atoms with Crippen LogP contribution >= 0.6 is 0 Å². The molecular weight excluding hydrogens is 140 g/mol. The molecule has 1 rings (SSSR count). The van der Waals surface area contributed by atoms with Crippen LogP contribution in [-0.4, -0.2) is 16.5 Å². The minimum Gasteiger partial charge on any atom is -0.368 e. The molecule has 2 heteroatoms. The fourth-order valence-electron chi connectivity index (χ4n) is 1.04. The zero-order valence-corrected chi connectivity index (χ0v) is 6.49. The van der Waals surface area contributed by atoms with Gasteiger partial charge in [-0.25, -0.2) is 0 Å². The Morgan fingerprint density at radius 3 is 2.45 bits per heavy atom. The summed E-state index contributed by atoms with van der Waals surface area (Å²) in [7, 11) is 0. The van der Waals surface area contributed by atoms with Gasteiger partial charge in [0.25, 0.3) is 0 Å². The van der Waals surface area contributed by atoms with Crippen LogP contribution in [-0.2, 0) is 6.42 Å². The topological polar surface area (TPSA) is 40.5 Å². The van der Waals surface area contributed by atoms with Crippen LogP contribution in [0.1, 0.15) is 11.1 Å². The lowest BCUT2D eigenvalue weighted by atomic mass is 10.1. The van der Waals surface area contributed by atoms with Gasteiger partial charge in [0.15, 0.2) is 6.29 Å². The quantitative estimate of drug-likeness (QED) is 0.617. The lowest BCUT2D eigenvalue weighted by Crippen LogP contribution is -2.08. The third-order valence-electron chi connectivity index (χ3n) is 1.66. The molecule has 0 aliphatic heterocycles. The zero-order valence-electron chi connectivity index (χ0n) is 6.49. The van der Waals surface area contributed by atoms with Crippen molar-refractivity contribution >= 4 is 0 Å². The Labute approximate surface area is 66.1 Å². The molecule has 0 amide bonds. The van der Waals surface area contributed by atoms with Crippen molar-refractivity contribution in [1.82, 2.24) is 0 Å². The average Bonchev–Trinajstić information content (AvgIpc) is 1.93. The number of aryl methyl sites for hydroxylation is 1. The van der Waals surface area contributed by atoms with E-state index in [1.165, 1.54) is 0 Å². The van der Waals surface area contributed by atoms with Crippen molar-refractivity contribution < 1.29 is 10.2 Å². The first-order valence-electron chi connectivity index (χ1n) is 3.61. The second-order valence-electron chi connectivity index (χ2n) is 2.61. The molecule has 0 atom stereocenters. The van der Waals surface area contributed by atoms with E-state index < -0.39 is 6.29 Å². The number of hydrogen-bond donors (Lipinski definition) is 2. The highest BCUT2D eigenvalue weighted by Crippen LogP contribution is 2.08. The number of hydrogen-bond acceptors (Lipinski definition) is 2. The van der Waals surface area contributed by atoms with Crippen LogP contribution in [0.15, 0.2) is 24.3 Å². The molecule has 0 spiro atoms. The van der Waals surface area contributed by atoms with E-state index in [1.54, 1.807) is 0 Å². The molecule has 0 aromatic heterocycles. The molecule has 0 aliphatic rings. The maximum Gasteiger partial charge on any atom is 0.155 e. The Kier molecular flexibility index (Phi) is 2.63. The third kappa shape index (κ3) is 2.33. The first-order valence-corrected chi connectivity index (χ1v) is 3.61. The highest BCUT2D eigenvalue weighted by atomic mass is 16.5. The molecule has 2 nitrogen and oxygen atoms in total. The predicted molar refractivity (Wildman–Crippen MR) is 43.1 cm³/mol. The van der Waals surface area contributed by atoms with Crippen molar-refractivity contribution in [1.29, 1.82) is 0 Å². The van der Waals surface area contributed by atoms with Gasteiger partial charge in [0.2, 0.25) is 0 Å². The summed E-state index contributed by atoms with van der Waals surface area (Å²) in [4.78, 5) is 0. The molecule has 0 fully saturated rings. The van der Waals surface area contributed by atoms with Gasteiger partial charge in [0.1, 0.15) is 0 Å². The normalized spacial score (nSPS) is 10.5. The second kappa shape index (κ2) is 3.51. The highest BCUT2D eigenvalue weighted by molar-refractivity contribution is 5.25. The van der Waals surface area contributed by atoms with Gasteiger partial charge in [-0.15, -0.1) is 0 Å². The lowest BCUT2D eigenvalue weighted by Gasteiger charge is -2.05. The van der Waals surface area contributed by atoms with Crippen LogP contribution in [0, 0.1) is 6.92 Å². The minimum absolute atomic E-state index is 0.312. The molecule has 0 saturated heterocycles. The summed E-state index contributed by atoms with van der Waals surface area (Å²) in [5, 5.41) is 17.4. The molecule has 1 aromatic carbocycles. The highest BCUT2D eigenvalue weighted by Gasteiger charge is 2.01. The van der Waals surface area contributed by atoms with Gasteiger partial charge >= 0.3 is 0 Å². The lowest BCUT2D eigenvalue weighted by molar-refractivity contribution is -0.0382. The molecule has 1 aromatic rings. The van der Waals surface area contributed by atoms with E-state index >= 15 is 0 Å². The summed E-state index contributed by atoms with van der Waals surface area (Å²) < 4.78 is 0. The Bertz CT molecular complexity index is 231. The van der Waals surface area contributed by atoms with Gasteiger partial charge in [-0.05, 0) is 18.1 Å². The maximum atomic E-state index is 8.69. The van der Waals surface area contributed by atoms with Crippen LogP contribution in [0.25, 0.3) is 0 Å². The summed E-state index contributed by atoms with van der Waals surface area (Å²) in [6.07, 6.45) is -0.928. The third-order valence-corrected chi connectivity index (χ3v) is 1.66. The Hall–Kier alpha value is -0.860. The summed E-state index contributed by atoms with van der Waals surface area (Å²) in [6, 6.07) is 7.68. The molecule has 2 N–H and O–H groups in total. The Morgan fingerprint density at radius 1 is 1.27 bits per heavy atom. The first-order chi connectivity index (χ1) is 5.20. The molecule has 0 unspecified atom stereocenters. The van der Waals surface area contributed by atoms with E-state index in [-0.39, 0.29) is 0 Å². The monoisotopic (exact) mass is 152 g/mol. The van der Waals surface area contributed by atoms with E-state index in [2.05, 4.69) is 0 Å². The van der Waals surface area contributed by atoms with E-state index in [0.29, 0.717) is 6.42 Å². The van der Waals surface area contributed by atoms with Crippen molar-refractivity contribution in [2.75, 3.05) is 0 Å². The first kappa shape index (κ1) is 8.24. The van der Waals surface area contributed by atoms with Crippen molar-refractivity contribution in [3.05, 3.63) is 35.4 Å². The van der Waals surface area contributed by atoms with Crippen molar-refractivity contribution in [3.63, 3.8) is 0 Å². The van der Waals surface area contributed by atoms with Crippen molar-refractivity contribution in [2.24, 2.45) is 0 Å². The summed E-state index contributed by atoms with van der Waals surface area (Å²) in [6.45, 7) is 1.96. The predicted octanol–water partition coefficient (Wildman–Crippen LogP) is 0.848. The van der Waals surface area contributed by atoms with E-state index in [0.717, 1.165) is 11.1 Å². The van der Waals surface area contributed by atoms with Gasteiger partial charge in [-0.2, -0.15) is 0 Å². The van der Waals surface area contributed by atoms with Crippen LogP contribution < -0.4 is 0 Å². The molecule has 0 radical (unpaired) electrons. The van der Waals surface area contributed by atoms with Gasteiger partial charge in [-0.3, -0.25) is 0 Å². The fourth-order valence-corrected chi connectivity index (χ4v) is 1.04. The minimum atomic E-state index is -1.24. The molecule has 0 heterocycles. The molecular formula is C9H12O2. The number of rotatable bonds is 2. The maximum absolute atomic E-state index is 8.69. The summed E-state index contributed by atoms with van der Waals surface area (Å²) in [5.41, 5.74) is 2.09. The smallest absolute Gasteiger partial charge is 0.155 e. The largest absolute Gasteiger partial charge is 0.368 e. The molecule has 0 bridgehead atoms. The fraction of sp³-hybridized carbons (Fsp3) is 0.333. The van der Waals surface area contributed by atoms with E-state index in [1.807, 2.05) is 31.2 Å². The zero-order chi connectivity index (χ0) is 8.27. The summed E-state index contributed by atoms with van der Waals surface area (Å²) >= 11 is 0. The van der Waals surface area contributed by atoms with Crippen LogP contribution in [0.3, 0.4) is 0 Å². The van der Waals surface area contributed by atoms with Gasteiger partial charge < -0.3 is 10.2 Å². The molecule has 11 heavy (non-hydrogen) atoms. The SMILES string of the molecule is Cc1ccccc1CC(O)O.